The third-order valence-corrected chi connectivity index (χ3v) is 16.9. The van der Waals surface area contributed by atoms with E-state index in [1.807, 2.05) is 38.4 Å². The van der Waals surface area contributed by atoms with Gasteiger partial charge in [-0.25, -0.2) is 4.79 Å². The molecule has 9 rings (SSSR count). The Labute approximate surface area is 408 Å². The number of cyclic esters (lactones) is 1. The summed E-state index contributed by atoms with van der Waals surface area (Å²) in [7, 11) is 1.95. The Morgan fingerprint density at radius 2 is 1.94 bits per heavy atom. The number of fused-ring (bicyclic) bond motifs is 1. The number of likely N-dealkylation sites (N-methyl/N-ethyl adjacent to an activating group) is 1. The number of nitrogens with one attached hydrogen (secondary N) is 5. The van der Waals surface area contributed by atoms with E-state index in [9.17, 15) is 10.2 Å². The highest BCUT2D eigenvalue weighted by Gasteiger charge is 2.86. The molecule has 0 saturated carbocycles. The Kier molecular flexibility index (Phi) is 14.7. The minimum absolute atomic E-state index is 0.0838. The molecule has 1 unspecified atom stereocenters. The van der Waals surface area contributed by atoms with Gasteiger partial charge >= 0.3 is 5.97 Å². The largest absolute Gasteiger partial charge is 0.459 e. The quantitative estimate of drug-likeness (QED) is 0.0444. The van der Waals surface area contributed by atoms with Crippen molar-refractivity contribution in [2.45, 2.75) is 153 Å². The van der Waals surface area contributed by atoms with Crippen LogP contribution in [0.1, 0.15) is 137 Å². The maximum absolute atomic E-state index is 15.8. The Bertz CT molecular complexity index is 2400. The van der Waals surface area contributed by atoms with E-state index in [4.69, 9.17) is 15.2 Å². The van der Waals surface area contributed by atoms with Gasteiger partial charge in [0.1, 0.15) is 11.9 Å². The highest BCUT2D eigenvalue weighted by atomic mass is 16.7. The third kappa shape index (κ3) is 9.52. The number of nitrogens with two attached hydrogens (primary N) is 1. The van der Waals surface area contributed by atoms with Gasteiger partial charge in [-0.1, -0.05) is 80.8 Å². The fourth-order valence-electron chi connectivity index (χ4n) is 13.1. The lowest BCUT2D eigenvalue weighted by molar-refractivity contribution is -0.158. The smallest absolute Gasteiger partial charge is 0.350 e. The van der Waals surface area contributed by atoms with Gasteiger partial charge in [0.2, 0.25) is 5.78 Å². The van der Waals surface area contributed by atoms with Crippen molar-refractivity contribution in [3.05, 3.63) is 117 Å². The first-order valence-corrected chi connectivity index (χ1v) is 26.0. The molecular formula is C56H76N6O7. The second-order valence-electron chi connectivity index (χ2n) is 21.5. The van der Waals surface area contributed by atoms with E-state index in [2.05, 4.69) is 70.8 Å². The number of aliphatic hydroxyl groups excluding tert-OH is 2. The van der Waals surface area contributed by atoms with E-state index in [0.29, 0.717) is 62.2 Å². The zero-order valence-electron chi connectivity index (χ0n) is 41.3. The van der Waals surface area contributed by atoms with Gasteiger partial charge in [-0.05, 0) is 154 Å². The summed E-state index contributed by atoms with van der Waals surface area (Å²) >= 11 is 0. The summed E-state index contributed by atoms with van der Waals surface area (Å²) in [6.07, 6.45) is 25.2. The molecule has 372 valence electrons. The summed E-state index contributed by atoms with van der Waals surface area (Å²) < 4.78 is 13.4. The zero-order chi connectivity index (χ0) is 48.5. The second kappa shape index (κ2) is 20.6. The van der Waals surface area contributed by atoms with Gasteiger partial charge in [0.05, 0.1) is 18.9 Å². The Balaban J connectivity index is 1.11. The van der Waals surface area contributed by atoms with Crippen LogP contribution in [-0.2, 0) is 20.7 Å². The van der Waals surface area contributed by atoms with E-state index >= 15 is 14.4 Å². The molecule has 69 heavy (non-hydrogen) atoms. The van der Waals surface area contributed by atoms with E-state index in [0.717, 1.165) is 74.8 Å². The van der Waals surface area contributed by atoms with Crippen LogP contribution in [0.5, 0.6) is 0 Å². The maximum atomic E-state index is 15.8. The maximum Gasteiger partial charge on any atom is 0.350 e. The molecule has 1 aromatic rings. The lowest BCUT2D eigenvalue weighted by Gasteiger charge is -2.43. The average Bonchev–Trinajstić information content (AvgIpc) is 4.06. The Morgan fingerprint density at radius 3 is 2.71 bits per heavy atom. The van der Waals surface area contributed by atoms with Gasteiger partial charge in [0.15, 0.2) is 11.4 Å². The number of rotatable bonds is 14. The molecule has 1 saturated heterocycles. The van der Waals surface area contributed by atoms with Gasteiger partial charge in [-0.3, -0.25) is 9.59 Å². The molecule has 1 aromatic carbocycles. The van der Waals surface area contributed by atoms with E-state index in [-0.39, 0.29) is 66.4 Å². The number of esters is 1. The number of Topliss-reactive ketones (excluding diaryl/α,β-unsaturated/α-hetero) is 2. The van der Waals surface area contributed by atoms with Crippen LogP contribution in [0.3, 0.4) is 0 Å². The van der Waals surface area contributed by atoms with Crippen molar-refractivity contribution in [1.29, 1.82) is 0 Å². The molecule has 0 aromatic heterocycles. The van der Waals surface area contributed by atoms with E-state index < -0.39 is 34.8 Å². The molecule has 9 N–H and O–H groups in total. The normalized spacial score (nSPS) is 34.3. The van der Waals surface area contributed by atoms with E-state index in [1.165, 1.54) is 16.7 Å². The van der Waals surface area contributed by atoms with Crippen LogP contribution < -0.4 is 32.3 Å². The number of hydrogen-bond donors (Lipinski definition) is 8. The molecule has 13 heteroatoms. The first kappa shape index (κ1) is 49.4. The van der Waals surface area contributed by atoms with Crippen LogP contribution in [0.2, 0.25) is 0 Å². The zero-order valence-corrected chi connectivity index (χ0v) is 41.3. The molecule has 5 heterocycles. The van der Waals surface area contributed by atoms with Gasteiger partial charge in [0, 0.05) is 48.9 Å². The Hall–Kier alpha value is -4.63. The van der Waals surface area contributed by atoms with Crippen molar-refractivity contribution < 1.29 is 34.1 Å². The molecule has 1 fully saturated rings. The number of carbonyl (C=O) groups is 3. The predicted octanol–water partition coefficient (Wildman–Crippen LogP) is 6.36. The van der Waals surface area contributed by atoms with Crippen LogP contribution in [0.15, 0.2) is 100 Å². The van der Waals surface area contributed by atoms with Gasteiger partial charge in [-0.15, -0.1) is 0 Å². The van der Waals surface area contributed by atoms with Crippen molar-refractivity contribution >= 4 is 17.5 Å². The monoisotopic (exact) mass is 945 g/mol. The van der Waals surface area contributed by atoms with Crippen molar-refractivity contribution in [2.24, 2.45) is 28.9 Å². The van der Waals surface area contributed by atoms with Crippen molar-refractivity contribution in [3.8, 4) is 0 Å². The van der Waals surface area contributed by atoms with Crippen molar-refractivity contribution in [1.82, 2.24) is 26.6 Å². The molecule has 4 bridgehead atoms. The lowest BCUT2D eigenvalue weighted by Crippen LogP contribution is -2.53. The summed E-state index contributed by atoms with van der Waals surface area (Å²) in [6.45, 7) is 7.27. The minimum atomic E-state index is -2.25. The van der Waals surface area contributed by atoms with Crippen LogP contribution in [0.4, 0.5) is 0 Å². The second-order valence-corrected chi connectivity index (χ2v) is 21.5. The molecule has 3 aliphatic carbocycles. The number of hydrogen-bond acceptors (Lipinski definition) is 13. The minimum Gasteiger partial charge on any atom is -0.459 e. The molecule has 13 nitrogen and oxygen atoms in total. The molecule has 0 radical (unpaired) electrons. The third-order valence-electron chi connectivity index (χ3n) is 16.9. The lowest BCUT2D eigenvalue weighted by atomic mass is 9.66. The topological polar surface area (TPSA) is 200 Å². The van der Waals surface area contributed by atoms with Crippen LogP contribution in [0, 0.1) is 23.2 Å². The fraction of sp³-hybridized carbons (Fsp3) is 0.589. The number of benzene rings is 1. The highest BCUT2D eigenvalue weighted by molar-refractivity contribution is 6.33. The highest BCUT2D eigenvalue weighted by Crippen LogP contribution is 2.61. The van der Waals surface area contributed by atoms with Crippen LogP contribution >= 0.6 is 0 Å². The molecular weight excluding hydrogens is 869 g/mol. The first-order chi connectivity index (χ1) is 33.4. The van der Waals surface area contributed by atoms with Crippen LogP contribution in [0.25, 0.3) is 0 Å². The number of allylic oxidation sites excluding steroid dienone is 8. The summed E-state index contributed by atoms with van der Waals surface area (Å²) in [5.74, 6) is -0.265. The number of epoxide rings is 1. The SMILES string of the molecule is CCN[C@H]1C=C2C=CC[C@@H]3CCCC[C@](C)(CC4=CNC(N)C=C4)Cc4cccc5c4C(=O)[C@]4(O[C@@]4(C/C(CO)=C(\C)CCC4=CCNC6=C4CC[C@H](NC)N6)C5=O)C(=O)O[C@H](CCCO)[C@H]1C[C@H]23. The summed E-state index contributed by atoms with van der Waals surface area (Å²) in [5, 5.41) is 38.7. The number of aliphatic hydroxyl groups is 2. The van der Waals surface area contributed by atoms with Crippen molar-refractivity contribution in [2.75, 3.05) is 33.4 Å². The van der Waals surface area contributed by atoms with Crippen molar-refractivity contribution in [3.63, 3.8) is 0 Å². The van der Waals surface area contributed by atoms with Gasteiger partial charge < -0.3 is 52.0 Å². The molecule has 0 amide bonds. The number of ketones is 2. The predicted molar refractivity (Wildman–Crippen MR) is 267 cm³/mol. The number of carbonyl (C=O) groups excluding carboxylic acids is 3. The first-order valence-electron chi connectivity index (χ1n) is 26.0. The molecule has 10 atom stereocenters. The fourth-order valence-corrected chi connectivity index (χ4v) is 13.1. The number of dihydropyridines is 2. The van der Waals surface area contributed by atoms with Crippen LogP contribution in [-0.4, -0.2) is 96.8 Å². The molecule has 1 spiro atoms. The number of ether oxygens (including phenoxy) is 2. The van der Waals surface area contributed by atoms with E-state index in [1.54, 1.807) is 6.07 Å². The molecule has 8 aliphatic rings. The summed E-state index contributed by atoms with van der Waals surface area (Å²) in [4.78, 5) is 46.9. The van der Waals surface area contributed by atoms with Gasteiger partial charge in [-0.2, -0.15) is 0 Å². The van der Waals surface area contributed by atoms with Gasteiger partial charge in [0.25, 0.3) is 5.60 Å². The standard InChI is InChI=1S/C56H76N6O7/c1-5-59-45-27-38-13-8-12-36-11-6-7-24-54(3,29-35-18-21-47(57)61-32-35)30-39-14-9-15-42-49(39)51(66)56(53(67)68-46(16-10-26-63)44(45)28-43(36)38)55(69-56,50(42)65)31-40(33-64)34(2)17-19-37-23-25-60-52-41(37)20-22-48(58-4)62-52/h8-9,13-15,18,21,23,27,32,36,43-48,58-64H,5-7,10-12,16-17,19-20,22,24-26,28-31,33,57H2,1-4H3/b40-34-/t36-,43-,44-,45-,46+,47?,48+,54+,55-,56-/m0/s1. The average molecular weight is 945 g/mol. The molecule has 5 aliphatic heterocycles. The Morgan fingerprint density at radius 1 is 1.09 bits per heavy atom. The summed E-state index contributed by atoms with van der Waals surface area (Å²) in [6, 6.07) is 5.36. The summed E-state index contributed by atoms with van der Waals surface area (Å²) in [5.41, 5.74) is 9.25.